The quantitative estimate of drug-likeness (QED) is 0.503. The fraction of sp³-hybridized carbons (Fsp3) is 0.440. The number of sulfonamides is 1. The van der Waals surface area contributed by atoms with Crippen LogP contribution in [0, 0.1) is 0 Å². The van der Waals surface area contributed by atoms with E-state index in [0.29, 0.717) is 0 Å². The van der Waals surface area contributed by atoms with E-state index in [-0.39, 0.29) is 34.2 Å². The van der Waals surface area contributed by atoms with Crippen molar-refractivity contribution in [2.24, 2.45) is 0 Å². The lowest BCUT2D eigenvalue weighted by Crippen LogP contribution is -2.53. The highest BCUT2D eigenvalue weighted by molar-refractivity contribution is 7.92. The molecule has 0 radical (unpaired) electrons. The number of rotatable bonds is 9. The van der Waals surface area contributed by atoms with E-state index in [1.807, 2.05) is 30.3 Å². The van der Waals surface area contributed by atoms with Gasteiger partial charge in [-0.15, -0.1) is 0 Å². The largest absolute Gasteiger partial charge is 0.352 e. The molecule has 0 aliphatic heterocycles. The predicted octanol–water partition coefficient (Wildman–Crippen LogP) is 4.63. The van der Waals surface area contributed by atoms with E-state index in [1.54, 1.807) is 6.92 Å². The van der Waals surface area contributed by atoms with Crippen LogP contribution in [0.3, 0.4) is 0 Å². The molecule has 0 unspecified atom stereocenters. The van der Waals surface area contributed by atoms with Crippen molar-refractivity contribution < 1.29 is 18.0 Å². The molecule has 2 aromatic rings. The molecule has 0 spiro atoms. The van der Waals surface area contributed by atoms with Crippen molar-refractivity contribution in [2.45, 2.75) is 57.7 Å². The Kier molecular flexibility index (Phi) is 9.44. The molecule has 0 saturated heterocycles. The Balaban J connectivity index is 1.88. The molecule has 3 rings (SSSR count). The molecule has 0 heterocycles. The number of nitrogens with one attached hydrogen (secondary N) is 1. The molecular formula is C25H31Cl2N3O4S. The van der Waals surface area contributed by atoms with Gasteiger partial charge in [0.05, 0.1) is 17.0 Å². The summed E-state index contributed by atoms with van der Waals surface area (Å²) >= 11 is 12.3. The fourth-order valence-corrected chi connectivity index (χ4v) is 5.49. The maximum Gasteiger partial charge on any atom is 0.244 e. The molecule has 10 heteroatoms. The summed E-state index contributed by atoms with van der Waals surface area (Å²) in [6, 6.07) is 13.0. The zero-order valence-corrected chi connectivity index (χ0v) is 22.2. The number of carbonyl (C=O) groups is 2. The molecule has 1 N–H and O–H groups in total. The van der Waals surface area contributed by atoms with Gasteiger partial charge in [-0.05, 0) is 43.5 Å². The lowest BCUT2D eigenvalue weighted by Gasteiger charge is -2.33. The van der Waals surface area contributed by atoms with Crippen molar-refractivity contribution in [1.29, 1.82) is 0 Å². The number of nitrogens with zero attached hydrogens (tertiary/aromatic N) is 2. The Morgan fingerprint density at radius 3 is 2.34 bits per heavy atom. The molecule has 2 amide bonds. The molecule has 1 atom stereocenters. The van der Waals surface area contributed by atoms with E-state index in [9.17, 15) is 18.0 Å². The summed E-state index contributed by atoms with van der Waals surface area (Å²) < 4.78 is 26.2. The smallest absolute Gasteiger partial charge is 0.244 e. The molecule has 1 aliphatic carbocycles. The van der Waals surface area contributed by atoms with Crippen LogP contribution in [0.1, 0.15) is 44.6 Å². The van der Waals surface area contributed by atoms with Crippen molar-refractivity contribution in [3.63, 3.8) is 0 Å². The minimum atomic E-state index is -3.89. The minimum absolute atomic E-state index is 0.0881. The van der Waals surface area contributed by atoms with Crippen LogP contribution in [0.5, 0.6) is 0 Å². The Morgan fingerprint density at radius 1 is 1.06 bits per heavy atom. The summed E-state index contributed by atoms with van der Waals surface area (Å²) in [4.78, 5) is 28.1. The van der Waals surface area contributed by atoms with Crippen LogP contribution in [-0.2, 0) is 26.2 Å². The fourth-order valence-electron chi connectivity index (χ4n) is 4.20. The number of amides is 2. The van der Waals surface area contributed by atoms with E-state index in [4.69, 9.17) is 23.2 Å². The van der Waals surface area contributed by atoms with E-state index < -0.39 is 28.5 Å². The topological polar surface area (TPSA) is 86.8 Å². The zero-order chi connectivity index (χ0) is 25.6. The average molecular weight is 541 g/mol. The van der Waals surface area contributed by atoms with Crippen LogP contribution in [0.2, 0.25) is 10.0 Å². The molecule has 35 heavy (non-hydrogen) atoms. The summed E-state index contributed by atoms with van der Waals surface area (Å²) in [7, 11) is -3.89. The summed E-state index contributed by atoms with van der Waals surface area (Å²) in [6.45, 7) is 1.29. The molecule has 1 fully saturated rings. The zero-order valence-electron chi connectivity index (χ0n) is 19.9. The Labute approximate surface area is 217 Å². The molecule has 1 aliphatic rings. The normalized spacial score (nSPS) is 15.3. The van der Waals surface area contributed by atoms with Gasteiger partial charge in [-0.2, -0.15) is 0 Å². The summed E-state index contributed by atoms with van der Waals surface area (Å²) in [5.41, 5.74) is 0.929. The molecule has 2 aromatic carbocycles. The SMILES string of the molecule is C[C@H](C(=O)NC1CCCCC1)N(Cc1ccccc1)C(=O)CN(c1cc(Cl)ccc1Cl)S(C)(=O)=O. The number of anilines is 1. The van der Waals surface area contributed by atoms with Gasteiger partial charge < -0.3 is 10.2 Å². The Bertz CT molecular complexity index is 1140. The average Bonchev–Trinajstić information content (AvgIpc) is 2.82. The van der Waals surface area contributed by atoms with Crippen molar-refractivity contribution in [1.82, 2.24) is 10.2 Å². The molecular weight excluding hydrogens is 509 g/mol. The molecule has 190 valence electrons. The number of halogens is 2. The first-order chi connectivity index (χ1) is 16.6. The molecule has 0 bridgehead atoms. The van der Waals surface area contributed by atoms with E-state index >= 15 is 0 Å². The van der Waals surface area contributed by atoms with Gasteiger partial charge in [-0.3, -0.25) is 13.9 Å². The van der Waals surface area contributed by atoms with Crippen LogP contribution in [0.25, 0.3) is 0 Å². The second-order valence-electron chi connectivity index (χ2n) is 8.89. The highest BCUT2D eigenvalue weighted by Gasteiger charge is 2.31. The number of carbonyl (C=O) groups excluding carboxylic acids is 2. The predicted molar refractivity (Wildman–Crippen MR) is 140 cm³/mol. The van der Waals surface area contributed by atoms with Crippen molar-refractivity contribution in [2.75, 3.05) is 17.1 Å². The lowest BCUT2D eigenvalue weighted by atomic mass is 9.95. The first kappa shape index (κ1) is 27.3. The molecule has 0 aromatic heterocycles. The van der Waals surface area contributed by atoms with Crippen LogP contribution in [0.15, 0.2) is 48.5 Å². The third kappa shape index (κ3) is 7.59. The third-order valence-electron chi connectivity index (χ3n) is 6.17. The van der Waals surface area contributed by atoms with Gasteiger partial charge in [-0.25, -0.2) is 8.42 Å². The second kappa shape index (κ2) is 12.1. The van der Waals surface area contributed by atoms with Crippen LogP contribution in [-0.4, -0.2) is 50.0 Å². The van der Waals surface area contributed by atoms with Crippen LogP contribution >= 0.6 is 23.2 Å². The second-order valence-corrected chi connectivity index (χ2v) is 11.6. The summed E-state index contributed by atoms with van der Waals surface area (Å²) in [5, 5.41) is 3.50. The number of benzene rings is 2. The van der Waals surface area contributed by atoms with E-state index in [1.165, 1.54) is 23.1 Å². The maximum atomic E-state index is 13.6. The van der Waals surface area contributed by atoms with Crippen molar-refractivity contribution >= 4 is 50.7 Å². The van der Waals surface area contributed by atoms with Crippen molar-refractivity contribution in [3.05, 3.63) is 64.1 Å². The van der Waals surface area contributed by atoms with E-state index in [0.717, 1.165) is 48.2 Å². The summed E-state index contributed by atoms with van der Waals surface area (Å²) in [5.74, 6) is -0.783. The third-order valence-corrected chi connectivity index (χ3v) is 7.85. The van der Waals surface area contributed by atoms with Gasteiger partial charge in [0, 0.05) is 17.6 Å². The van der Waals surface area contributed by atoms with Gasteiger partial charge in [0.15, 0.2) is 0 Å². The Hall–Kier alpha value is -2.29. The van der Waals surface area contributed by atoms with Crippen molar-refractivity contribution in [3.8, 4) is 0 Å². The Morgan fingerprint density at radius 2 is 1.71 bits per heavy atom. The highest BCUT2D eigenvalue weighted by Crippen LogP contribution is 2.31. The monoisotopic (exact) mass is 539 g/mol. The minimum Gasteiger partial charge on any atom is -0.352 e. The first-order valence-electron chi connectivity index (χ1n) is 11.6. The maximum absolute atomic E-state index is 13.6. The van der Waals surface area contributed by atoms with Gasteiger partial charge in [0.2, 0.25) is 21.8 Å². The molecule has 7 nitrogen and oxygen atoms in total. The van der Waals surface area contributed by atoms with Crippen LogP contribution < -0.4 is 9.62 Å². The first-order valence-corrected chi connectivity index (χ1v) is 14.2. The number of hydrogen-bond donors (Lipinski definition) is 1. The lowest BCUT2D eigenvalue weighted by molar-refractivity contribution is -0.139. The molecule has 1 saturated carbocycles. The number of hydrogen-bond acceptors (Lipinski definition) is 4. The van der Waals surface area contributed by atoms with Gasteiger partial charge in [0.25, 0.3) is 0 Å². The van der Waals surface area contributed by atoms with E-state index in [2.05, 4.69) is 5.32 Å². The van der Waals surface area contributed by atoms with Gasteiger partial charge in [0.1, 0.15) is 12.6 Å². The standard InChI is InChI=1S/C25H31Cl2N3O4S/c1-18(25(32)28-21-11-7-4-8-12-21)29(16-19-9-5-3-6-10-19)24(31)17-30(35(2,33)34)23-15-20(26)13-14-22(23)27/h3,5-6,9-10,13-15,18,21H,4,7-8,11-12,16-17H2,1-2H3,(H,28,32)/t18-/m1/s1. The van der Waals surface area contributed by atoms with Gasteiger partial charge in [-0.1, -0.05) is 72.8 Å². The van der Waals surface area contributed by atoms with Gasteiger partial charge >= 0.3 is 0 Å². The highest BCUT2D eigenvalue weighted by atomic mass is 35.5. The summed E-state index contributed by atoms with van der Waals surface area (Å²) in [6.07, 6.45) is 6.12. The van der Waals surface area contributed by atoms with Crippen LogP contribution in [0.4, 0.5) is 5.69 Å².